The summed E-state index contributed by atoms with van der Waals surface area (Å²) in [6, 6.07) is 6.73. The van der Waals surface area contributed by atoms with E-state index in [1.165, 1.54) is 0 Å². The average molecular weight is 351 g/mol. The van der Waals surface area contributed by atoms with Crippen LogP contribution in [0.25, 0.3) is 0 Å². The van der Waals surface area contributed by atoms with Crippen molar-refractivity contribution in [3.05, 3.63) is 34.9 Å². The van der Waals surface area contributed by atoms with Crippen molar-refractivity contribution in [1.29, 1.82) is 0 Å². The SMILES string of the molecule is O=C(O)C1CCC1C(=O)N1CCN(C(=O)c2ccc(Cl)cc2)CC1. The predicted octanol–water partition coefficient (Wildman–Crippen LogP) is 1.74. The van der Waals surface area contributed by atoms with E-state index < -0.39 is 17.8 Å². The molecule has 1 heterocycles. The molecule has 0 aromatic heterocycles. The van der Waals surface area contributed by atoms with Crippen LogP contribution >= 0.6 is 11.6 Å². The quantitative estimate of drug-likeness (QED) is 0.900. The molecule has 2 atom stereocenters. The zero-order valence-electron chi connectivity index (χ0n) is 13.2. The molecule has 6 nitrogen and oxygen atoms in total. The number of hydrogen-bond acceptors (Lipinski definition) is 3. The number of amides is 2. The van der Waals surface area contributed by atoms with E-state index in [4.69, 9.17) is 16.7 Å². The van der Waals surface area contributed by atoms with Gasteiger partial charge in [-0.1, -0.05) is 11.6 Å². The van der Waals surface area contributed by atoms with Crippen molar-refractivity contribution < 1.29 is 19.5 Å². The second-order valence-corrected chi connectivity index (χ2v) is 6.69. The van der Waals surface area contributed by atoms with E-state index in [-0.39, 0.29) is 11.8 Å². The molecule has 1 aliphatic carbocycles. The molecule has 0 spiro atoms. The molecule has 1 aliphatic heterocycles. The third-order valence-corrected chi connectivity index (χ3v) is 5.13. The Bertz CT molecular complexity index is 653. The Morgan fingerprint density at radius 2 is 1.46 bits per heavy atom. The molecule has 2 aliphatic rings. The lowest BCUT2D eigenvalue weighted by Crippen LogP contribution is -2.54. The summed E-state index contributed by atoms with van der Waals surface area (Å²) in [6.07, 6.45) is 1.21. The maximum Gasteiger partial charge on any atom is 0.307 e. The second kappa shape index (κ2) is 6.81. The van der Waals surface area contributed by atoms with E-state index in [0.29, 0.717) is 49.6 Å². The number of halogens is 1. The highest BCUT2D eigenvalue weighted by atomic mass is 35.5. The first kappa shape index (κ1) is 16.8. The highest BCUT2D eigenvalue weighted by Crippen LogP contribution is 2.36. The molecular formula is C17H19ClN2O4. The molecule has 0 radical (unpaired) electrons. The summed E-state index contributed by atoms with van der Waals surface area (Å²) in [4.78, 5) is 39.3. The van der Waals surface area contributed by atoms with Crippen LogP contribution in [0.2, 0.25) is 5.02 Å². The molecule has 1 saturated heterocycles. The van der Waals surface area contributed by atoms with Crippen LogP contribution in [0.4, 0.5) is 0 Å². The summed E-state index contributed by atoms with van der Waals surface area (Å²) in [5.74, 6) is -2.01. The minimum absolute atomic E-state index is 0.0779. The van der Waals surface area contributed by atoms with Gasteiger partial charge in [0, 0.05) is 36.8 Å². The lowest BCUT2D eigenvalue weighted by Gasteiger charge is -2.40. The summed E-state index contributed by atoms with van der Waals surface area (Å²) in [7, 11) is 0. The van der Waals surface area contributed by atoms with Gasteiger partial charge in [-0.3, -0.25) is 14.4 Å². The van der Waals surface area contributed by atoms with Crippen LogP contribution in [0.15, 0.2) is 24.3 Å². The fourth-order valence-electron chi connectivity index (χ4n) is 3.23. The molecule has 3 rings (SSSR count). The average Bonchev–Trinajstić information content (AvgIpc) is 2.53. The first-order valence-electron chi connectivity index (χ1n) is 8.04. The van der Waals surface area contributed by atoms with Gasteiger partial charge in [-0.05, 0) is 37.1 Å². The number of benzene rings is 1. The molecule has 1 aromatic carbocycles. The first-order chi connectivity index (χ1) is 11.5. The fourth-order valence-corrected chi connectivity index (χ4v) is 3.36. The molecule has 2 amide bonds. The fraction of sp³-hybridized carbons (Fsp3) is 0.471. The van der Waals surface area contributed by atoms with Gasteiger partial charge in [0.15, 0.2) is 0 Å². The number of hydrogen-bond donors (Lipinski definition) is 1. The van der Waals surface area contributed by atoms with Crippen molar-refractivity contribution in [2.75, 3.05) is 26.2 Å². The Kier molecular flexibility index (Phi) is 4.76. The van der Waals surface area contributed by atoms with E-state index >= 15 is 0 Å². The maximum atomic E-state index is 12.4. The van der Waals surface area contributed by atoms with E-state index in [1.54, 1.807) is 34.1 Å². The van der Waals surface area contributed by atoms with Gasteiger partial charge in [-0.15, -0.1) is 0 Å². The number of carbonyl (C=O) groups is 3. The van der Waals surface area contributed by atoms with Gasteiger partial charge < -0.3 is 14.9 Å². The van der Waals surface area contributed by atoms with E-state index in [2.05, 4.69) is 0 Å². The van der Waals surface area contributed by atoms with Crippen molar-refractivity contribution in [2.24, 2.45) is 11.8 Å². The monoisotopic (exact) mass is 350 g/mol. The van der Waals surface area contributed by atoms with Crippen molar-refractivity contribution >= 4 is 29.4 Å². The van der Waals surface area contributed by atoms with E-state index in [1.807, 2.05) is 0 Å². The van der Waals surface area contributed by atoms with E-state index in [0.717, 1.165) is 0 Å². The van der Waals surface area contributed by atoms with Gasteiger partial charge in [0.1, 0.15) is 0 Å². The second-order valence-electron chi connectivity index (χ2n) is 6.25. The Morgan fingerprint density at radius 1 is 0.917 bits per heavy atom. The highest BCUT2D eigenvalue weighted by Gasteiger charge is 2.43. The Morgan fingerprint density at radius 3 is 1.96 bits per heavy atom. The Balaban J connectivity index is 1.56. The lowest BCUT2D eigenvalue weighted by atomic mass is 9.73. The number of carbonyl (C=O) groups excluding carboxylic acids is 2. The number of carboxylic acids is 1. The smallest absolute Gasteiger partial charge is 0.307 e. The zero-order chi connectivity index (χ0) is 17.3. The topological polar surface area (TPSA) is 77.9 Å². The van der Waals surface area contributed by atoms with Crippen LogP contribution in [0.3, 0.4) is 0 Å². The Hall–Kier alpha value is -2.08. The Labute approximate surface area is 145 Å². The minimum atomic E-state index is -0.892. The zero-order valence-corrected chi connectivity index (χ0v) is 13.9. The molecule has 0 bridgehead atoms. The number of carboxylic acid groups (broad SMARTS) is 1. The summed E-state index contributed by atoms with van der Waals surface area (Å²) in [5.41, 5.74) is 0.573. The standard InChI is InChI=1S/C17H19ClN2O4/c18-12-3-1-11(2-4-12)15(21)19-7-9-20(10-8-19)16(22)13-5-6-14(13)17(23)24/h1-4,13-14H,5-10H2,(H,23,24). The van der Waals surface area contributed by atoms with Crippen LogP contribution < -0.4 is 0 Å². The van der Waals surface area contributed by atoms with Crippen molar-refractivity contribution in [3.63, 3.8) is 0 Å². The number of rotatable bonds is 3. The largest absolute Gasteiger partial charge is 0.481 e. The highest BCUT2D eigenvalue weighted by molar-refractivity contribution is 6.30. The van der Waals surface area contributed by atoms with Gasteiger partial charge in [-0.2, -0.15) is 0 Å². The van der Waals surface area contributed by atoms with Gasteiger partial charge in [0.05, 0.1) is 11.8 Å². The molecule has 2 fully saturated rings. The normalized spacial score (nSPS) is 23.5. The van der Waals surface area contributed by atoms with Crippen LogP contribution in [0, 0.1) is 11.8 Å². The molecule has 128 valence electrons. The van der Waals surface area contributed by atoms with Crippen molar-refractivity contribution in [3.8, 4) is 0 Å². The molecule has 24 heavy (non-hydrogen) atoms. The van der Waals surface area contributed by atoms with E-state index in [9.17, 15) is 14.4 Å². The van der Waals surface area contributed by atoms with Gasteiger partial charge in [-0.25, -0.2) is 0 Å². The molecule has 1 N–H and O–H groups in total. The van der Waals surface area contributed by atoms with Crippen molar-refractivity contribution in [2.45, 2.75) is 12.8 Å². The molecule has 7 heteroatoms. The predicted molar refractivity (Wildman–Crippen MR) is 87.8 cm³/mol. The van der Waals surface area contributed by atoms with Crippen molar-refractivity contribution in [1.82, 2.24) is 9.80 Å². The molecule has 1 aromatic rings. The third-order valence-electron chi connectivity index (χ3n) is 4.88. The summed E-state index contributed by atoms with van der Waals surface area (Å²) < 4.78 is 0. The lowest BCUT2D eigenvalue weighted by molar-refractivity contribution is -0.157. The molecular weight excluding hydrogens is 332 g/mol. The van der Waals surface area contributed by atoms with Crippen LogP contribution in [-0.2, 0) is 9.59 Å². The molecule has 2 unspecified atom stereocenters. The maximum absolute atomic E-state index is 12.4. The summed E-state index contributed by atoms with van der Waals surface area (Å²) in [5, 5.41) is 9.66. The van der Waals surface area contributed by atoms with Crippen LogP contribution in [0.1, 0.15) is 23.2 Å². The third kappa shape index (κ3) is 3.24. The number of piperazine rings is 1. The summed E-state index contributed by atoms with van der Waals surface area (Å²) in [6.45, 7) is 1.80. The van der Waals surface area contributed by atoms with Crippen LogP contribution in [-0.4, -0.2) is 58.9 Å². The molecule has 1 saturated carbocycles. The minimum Gasteiger partial charge on any atom is -0.481 e. The van der Waals surface area contributed by atoms with Gasteiger partial charge in [0.25, 0.3) is 5.91 Å². The van der Waals surface area contributed by atoms with Crippen LogP contribution in [0.5, 0.6) is 0 Å². The first-order valence-corrected chi connectivity index (χ1v) is 8.41. The number of aliphatic carboxylic acids is 1. The van der Waals surface area contributed by atoms with Gasteiger partial charge >= 0.3 is 5.97 Å². The van der Waals surface area contributed by atoms with Gasteiger partial charge in [0.2, 0.25) is 5.91 Å². The summed E-state index contributed by atoms with van der Waals surface area (Å²) >= 11 is 5.83. The number of nitrogens with zero attached hydrogens (tertiary/aromatic N) is 2.